The molecule has 0 spiro atoms. The second-order valence-corrected chi connectivity index (χ2v) is 8.55. The zero-order chi connectivity index (χ0) is 20.3. The van der Waals surface area contributed by atoms with E-state index in [-0.39, 0.29) is 17.9 Å². The van der Waals surface area contributed by atoms with E-state index in [0.29, 0.717) is 16.2 Å². The van der Waals surface area contributed by atoms with Gasteiger partial charge in [-0.2, -0.15) is 0 Å². The average molecular weight is 430 g/mol. The maximum Gasteiger partial charge on any atom is 0.255 e. The van der Waals surface area contributed by atoms with Crippen LogP contribution in [0.3, 0.4) is 0 Å². The predicted octanol–water partition coefficient (Wildman–Crippen LogP) is 5.65. The molecule has 2 aromatic rings. The summed E-state index contributed by atoms with van der Waals surface area (Å²) in [6.07, 6.45) is 3.81. The molecule has 8 heteroatoms. The molecule has 0 radical (unpaired) electrons. The van der Waals surface area contributed by atoms with Crippen molar-refractivity contribution in [1.29, 1.82) is 0 Å². The van der Waals surface area contributed by atoms with Gasteiger partial charge in [0.2, 0.25) is 0 Å². The van der Waals surface area contributed by atoms with Crippen LogP contribution >= 0.6 is 23.4 Å². The molecule has 1 fully saturated rings. The van der Waals surface area contributed by atoms with Gasteiger partial charge in [0.25, 0.3) is 5.91 Å². The Morgan fingerprint density at radius 2 is 1.75 bits per heavy atom. The molecule has 0 unspecified atom stereocenters. The van der Waals surface area contributed by atoms with Crippen molar-refractivity contribution >= 4 is 35.0 Å². The molecule has 0 bridgehead atoms. The van der Waals surface area contributed by atoms with Crippen LogP contribution in [0.2, 0.25) is 5.02 Å². The van der Waals surface area contributed by atoms with Gasteiger partial charge in [-0.15, -0.1) is 11.8 Å². The molecular weight excluding hydrogens is 411 g/mol. The predicted molar refractivity (Wildman–Crippen MR) is 104 cm³/mol. The lowest BCUT2D eigenvalue weighted by atomic mass is 9.90. The maximum absolute atomic E-state index is 13.3. The van der Waals surface area contributed by atoms with Crippen LogP contribution in [0.25, 0.3) is 0 Å². The Labute approximate surface area is 170 Å². The highest BCUT2D eigenvalue weighted by molar-refractivity contribution is 8.00. The fraction of sp³-hybridized carbons (Fsp3) is 0.350. The molecule has 3 nitrogen and oxygen atoms in total. The first-order chi connectivity index (χ1) is 13.4. The van der Waals surface area contributed by atoms with E-state index in [4.69, 9.17) is 11.6 Å². The maximum atomic E-state index is 13.3. The highest BCUT2D eigenvalue weighted by Gasteiger charge is 2.22. The van der Waals surface area contributed by atoms with Crippen LogP contribution in [0.4, 0.5) is 18.9 Å². The molecular formula is C20H19ClF3NO2S. The van der Waals surface area contributed by atoms with Crippen LogP contribution in [0.1, 0.15) is 36.0 Å². The summed E-state index contributed by atoms with van der Waals surface area (Å²) in [7, 11) is 0. The molecule has 28 heavy (non-hydrogen) atoms. The van der Waals surface area contributed by atoms with Crippen LogP contribution in [0.15, 0.2) is 35.2 Å². The Morgan fingerprint density at radius 3 is 2.36 bits per heavy atom. The number of anilines is 1. The molecule has 3 rings (SSSR count). The Kier molecular flexibility index (Phi) is 6.91. The SMILES string of the molecule is O=C(Nc1cc(F)c(F)c(F)c1)c1ccc(Cl)c(S[C@H]2CC[C@@H](CO)CC2)c1. The van der Waals surface area contributed by atoms with Crippen LogP contribution in [-0.4, -0.2) is 22.9 Å². The summed E-state index contributed by atoms with van der Waals surface area (Å²) in [5, 5.41) is 12.5. The summed E-state index contributed by atoms with van der Waals surface area (Å²) in [5.41, 5.74) is 0.106. The molecule has 1 aliphatic carbocycles. The summed E-state index contributed by atoms with van der Waals surface area (Å²) in [6.45, 7) is 0.207. The largest absolute Gasteiger partial charge is 0.396 e. The standard InChI is InChI=1S/C20H19ClF3NO2S/c21-15-6-3-12(7-18(15)28-14-4-1-11(10-26)2-5-14)20(27)25-13-8-16(22)19(24)17(23)9-13/h3,6-9,11,14,26H,1-2,4-5,10H2,(H,25,27)/t11-,14+. The Morgan fingerprint density at radius 1 is 1.11 bits per heavy atom. The van der Waals surface area contributed by atoms with E-state index in [1.54, 1.807) is 23.9 Å². The van der Waals surface area contributed by atoms with Crippen molar-refractivity contribution in [1.82, 2.24) is 0 Å². The minimum absolute atomic E-state index is 0.173. The van der Waals surface area contributed by atoms with Gasteiger partial charge >= 0.3 is 0 Å². The first-order valence-electron chi connectivity index (χ1n) is 8.90. The second-order valence-electron chi connectivity index (χ2n) is 6.80. The van der Waals surface area contributed by atoms with Crippen molar-refractivity contribution in [2.24, 2.45) is 5.92 Å². The van der Waals surface area contributed by atoms with Crippen molar-refractivity contribution in [3.05, 3.63) is 58.4 Å². The second kappa shape index (κ2) is 9.20. The number of rotatable bonds is 5. The summed E-state index contributed by atoms with van der Waals surface area (Å²) in [5.74, 6) is -4.56. The van der Waals surface area contributed by atoms with E-state index in [2.05, 4.69) is 5.32 Å². The first-order valence-corrected chi connectivity index (χ1v) is 10.2. The number of halogens is 4. The third-order valence-corrected chi connectivity index (χ3v) is 6.62. The minimum atomic E-state index is -1.58. The van der Waals surface area contributed by atoms with E-state index in [1.807, 2.05) is 0 Å². The zero-order valence-corrected chi connectivity index (χ0v) is 16.4. The fourth-order valence-corrected chi connectivity index (χ4v) is 4.67. The molecule has 2 N–H and O–H groups in total. The highest BCUT2D eigenvalue weighted by Crippen LogP contribution is 2.39. The third-order valence-electron chi connectivity index (χ3n) is 4.78. The zero-order valence-electron chi connectivity index (χ0n) is 14.9. The summed E-state index contributed by atoms with van der Waals surface area (Å²) in [6, 6.07) is 6.20. The van der Waals surface area contributed by atoms with Gasteiger partial charge in [0, 0.05) is 40.1 Å². The van der Waals surface area contributed by atoms with Gasteiger partial charge in [-0.25, -0.2) is 13.2 Å². The lowest BCUT2D eigenvalue weighted by Gasteiger charge is -2.27. The quantitative estimate of drug-likeness (QED) is 0.603. The van der Waals surface area contributed by atoms with Crippen molar-refractivity contribution in [2.45, 2.75) is 35.8 Å². The normalized spacial score (nSPS) is 19.5. The van der Waals surface area contributed by atoms with Gasteiger partial charge in [-0.05, 0) is 49.8 Å². The number of carbonyl (C=O) groups excluding carboxylic acids is 1. The van der Waals surface area contributed by atoms with Gasteiger partial charge in [-0.1, -0.05) is 11.6 Å². The Hall–Kier alpha value is -1.70. The van der Waals surface area contributed by atoms with Gasteiger partial charge < -0.3 is 10.4 Å². The Balaban J connectivity index is 1.71. The van der Waals surface area contributed by atoms with Crippen LogP contribution in [0.5, 0.6) is 0 Å². The van der Waals surface area contributed by atoms with Crippen LogP contribution < -0.4 is 5.32 Å². The average Bonchev–Trinajstić information content (AvgIpc) is 2.68. The Bertz CT molecular complexity index is 850. The molecule has 2 aromatic carbocycles. The molecule has 150 valence electrons. The molecule has 1 aliphatic rings. The summed E-state index contributed by atoms with van der Waals surface area (Å²) >= 11 is 7.85. The highest BCUT2D eigenvalue weighted by atomic mass is 35.5. The number of hydrogen-bond donors (Lipinski definition) is 2. The van der Waals surface area contributed by atoms with Crippen molar-refractivity contribution in [3.63, 3.8) is 0 Å². The molecule has 0 aromatic heterocycles. The van der Waals surface area contributed by atoms with E-state index >= 15 is 0 Å². The number of amides is 1. The number of hydrogen-bond acceptors (Lipinski definition) is 3. The molecule has 1 amide bonds. The fourth-order valence-electron chi connectivity index (χ4n) is 3.18. The molecule has 0 atom stereocenters. The van der Waals surface area contributed by atoms with Gasteiger partial charge in [0.05, 0.1) is 5.02 Å². The monoisotopic (exact) mass is 429 g/mol. The number of nitrogens with one attached hydrogen (secondary N) is 1. The van der Waals surface area contributed by atoms with Crippen molar-refractivity contribution in [3.8, 4) is 0 Å². The smallest absolute Gasteiger partial charge is 0.255 e. The van der Waals surface area contributed by atoms with Gasteiger partial charge in [0.15, 0.2) is 17.5 Å². The summed E-state index contributed by atoms with van der Waals surface area (Å²) < 4.78 is 39.7. The van der Waals surface area contributed by atoms with E-state index < -0.39 is 23.4 Å². The number of carbonyl (C=O) groups is 1. The number of aliphatic hydroxyl groups is 1. The number of benzene rings is 2. The van der Waals surface area contributed by atoms with Crippen molar-refractivity contribution in [2.75, 3.05) is 11.9 Å². The number of thioether (sulfide) groups is 1. The molecule has 0 aliphatic heterocycles. The van der Waals surface area contributed by atoms with E-state index in [0.717, 1.165) is 42.7 Å². The third kappa shape index (κ3) is 5.01. The van der Waals surface area contributed by atoms with E-state index in [1.165, 1.54) is 6.07 Å². The molecule has 0 saturated heterocycles. The lowest BCUT2D eigenvalue weighted by Crippen LogP contribution is -2.18. The van der Waals surface area contributed by atoms with E-state index in [9.17, 15) is 23.1 Å². The lowest BCUT2D eigenvalue weighted by molar-refractivity contribution is 0.102. The minimum Gasteiger partial charge on any atom is -0.396 e. The molecule has 1 saturated carbocycles. The topological polar surface area (TPSA) is 49.3 Å². The number of aliphatic hydroxyl groups excluding tert-OH is 1. The van der Waals surface area contributed by atoms with Crippen LogP contribution in [-0.2, 0) is 0 Å². The van der Waals surface area contributed by atoms with Crippen LogP contribution in [0, 0.1) is 23.4 Å². The van der Waals surface area contributed by atoms with Gasteiger partial charge in [0.1, 0.15) is 0 Å². The first kappa shape index (κ1) is 21.0. The summed E-state index contributed by atoms with van der Waals surface area (Å²) in [4.78, 5) is 13.2. The van der Waals surface area contributed by atoms with Crippen molar-refractivity contribution < 1.29 is 23.1 Å². The molecule has 0 heterocycles. The van der Waals surface area contributed by atoms with Gasteiger partial charge in [-0.3, -0.25) is 4.79 Å².